The van der Waals surface area contributed by atoms with Crippen LogP contribution in [0.3, 0.4) is 0 Å². The zero-order valence-electron chi connectivity index (χ0n) is 19.7. The highest BCUT2D eigenvalue weighted by Crippen LogP contribution is 2.30. The van der Waals surface area contributed by atoms with E-state index in [1.54, 1.807) is 20.8 Å². The summed E-state index contributed by atoms with van der Waals surface area (Å²) >= 11 is 2.91. The molecule has 1 aromatic carbocycles. The van der Waals surface area contributed by atoms with Gasteiger partial charge < -0.3 is 9.64 Å². The molecule has 0 saturated carbocycles. The zero-order chi connectivity index (χ0) is 23.5. The van der Waals surface area contributed by atoms with Gasteiger partial charge in [-0.25, -0.2) is 4.98 Å². The molecule has 1 fully saturated rings. The Labute approximate surface area is 203 Å². The fourth-order valence-corrected chi connectivity index (χ4v) is 6.39. The Morgan fingerprint density at radius 3 is 2.82 bits per heavy atom. The van der Waals surface area contributed by atoms with Gasteiger partial charge in [0.05, 0.1) is 23.8 Å². The second kappa shape index (κ2) is 10.4. The van der Waals surface area contributed by atoms with Crippen LogP contribution in [0.4, 0.5) is 0 Å². The molecule has 0 radical (unpaired) electrons. The van der Waals surface area contributed by atoms with E-state index >= 15 is 0 Å². The number of benzene rings is 1. The number of rotatable bonds is 8. The molecule has 8 heteroatoms. The quantitative estimate of drug-likeness (QED) is 0.346. The SMILES string of the molecule is CCc1c(C)sc2nc(SCC(=O)N(C)Cc3ccccc3C)n(CC3CCCO3)c(=O)c12. The van der Waals surface area contributed by atoms with E-state index in [-0.39, 0.29) is 23.3 Å². The van der Waals surface area contributed by atoms with Crippen molar-refractivity contribution in [3.63, 3.8) is 0 Å². The third kappa shape index (κ3) is 5.18. The van der Waals surface area contributed by atoms with E-state index < -0.39 is 0 Å². The Morgan fingerprint density at radius 2 is 2.12 bits per heavy atom. The van der Waals surface area contributed by atoms with Gasteiger partial charge in [-0.2, -0.15) is 0 Å². The number of thioether (sulfide) groups is 1. The Bertz CT molecular complexity index is 1210. The van der Waals surface area contributed by atoms with Crippen LogP contribution in [0.2, 0.25) is 0 Å². The molecule has 0 spiro atoms. The highest BCUT2D eigenvalue weighted by Gasteiger charge is 2.23. The van der Waals surface area contributed by atoms with Crippen molar-refractivity contribution >= 4 is 39.2 Å². The lowest BCUT2D eigenvalue weighted by Crippen LogP contribution is -2.30. The molecule has 1 aliphatic heterocycles. The van der Waals surface area contributed by atoms with Crippen molar-refractivity contribution in [2.75, 3.05) is 19.4 Å². The Morgan fingerprint density at radius 1 is 1.33 bits per heavy atom. The van der Waals surface area contributed by atoms with Gasteiger partial charge in [0.15, 0.2) is 5.16 Å². The van der Waals surface area contributed by atoms with Crippen molar-refractivity contribution in [1.29, 1.82) is 0 Å². The number of fused-ring (bicyclic) bond motifs is 1. The van der Waals surface area contributed by atoms with Gasteiger partial charge in [-0.1, -0.05) is 43.0 Å². The summed E-state index contributed by atoms with van der Waals surface area (Å²) in [5.41, 5.74) is 3.37. The number of hydrogen-bond donors (Lipinski definition) is 0. The maximum Gasteiger partial charge on any atom is 0.263 e. The van der Waals surface area contributed by atoms with Crippen LogP contribution in [-0.2, 0) is 29.0 Å². The Hall–Kier alpha value is -2.16. The molecule has 176 valence electrons. The lowest BCUT2D eigenvalue weighted by atomic mass is 10.1. The number of amides is 1. The Kier molecular flexibility index (Phi) is 7.56. The smallest absolute Gasteiger partial charge is 0.263 e. The van der Waals surface area contributed by atoms with E-state index in [9.17, 15) is 9.59 Å². The van der Waals surface area contributed by atoms with Crippen molar-refractivity contribution in [2.45, 2.75) is 64.4 Å². The van der Waals surface area contributed by atoms with Crippen molar-refractivity contribution in [2.24, 2.45) is 0 Å². The third-order valence-electron chi connectivity index (χ3n) is 6.26. The van der Waals surface area contributed by atoms with Gasteiger partial charge in [-0.15, -0.1) is 11.3 Å². The van der Waals surface area contributed by atoms with Gasteiger partial charge in [-0.3, -0.25) is 14.2 Å². The van der Waals surface area contributed by atoms with Crippen LogP contribution in [0, 0.1) is 13.8 Å². The molecule has 3 heterocycles. The monoisotopic (exact) mass is 485 g/mol. The van der Waals surface area contributed by atoms with E-state index in [0.29, 0.717) is 18.2 Å². The Balaban J connectivity index is 1.58. The number of carbonyl (C=O) groups excluding carboxylic acids is 1. The molecule has 1 aliphatic rings. The first-order valence-electron chi connectivity index (χ1n) is 11.4. The average molecular weight is 486 g/mol. The molecular formula is C25H31N3O3S2. The number of aryl methyl sites for hydroxylation is 3. The van der Waals surface area contributed by atoms with Crippen LogP contribution in [0.5, 0.6) is 0 Å². The summed E-state index contributed by atoms with van der Waals surface area (Å²) < 4.78 is 7.55. The lowest BCUT2D eigenvalue weighted by Gasteiger charge is -2.19. The normalized spacial score (nSPS) is 15.9. The van der Waals surface area contributed by atoms with E-state index in [1.807, 2.05) is 32.2 Å². The highest BCUT2D eigenvalue weighted by molar-refractivity contribution is 7.99. The molecule has 2 aromatic heterocycles. The van der Waals surface area contributed by atoms with E-state index in [4.69, 9.17) is 9.72 Å². The molecule has 0 N–H and O–H groups in total. The van der Waals surface area contributed by atoms with Crippen LogP contribution in [0.1, 0.15) is 41.3 Å². The topological polar surface area (TPSA) is 64.4 Å². The second-order valence-corrected chi connectivity index (χ2v) is 10.7. The van der Waals surface area contributed by atoms with Crippen molar-refractivity contribution in [3.05, 3.63) is 56.2 Å². The number of hydrogen-bond acceptors (Lipinski definition) is 6. The van der Waals surface area contributed by atoms with Gasteiger partial charge in [-0.05, 0) is 49.8 Å². The second-order valence-electron chi connectivity index (χ2n) is 8.58. The molecule has 1 atom stereocenters. The maximum absolute atomic E-state index is 13.6. The van der Waals surface area contributed by atoms with E-state index in [0.717, 1.165) is 52.1 Å². The largest absolute Gasteiger partial charge is 0.376 e. The van der Waals surface area contributed by atoms with Gasteiger partial charge in [0.25, 0.3) is 5.56 Å². The van der Waals surface area contributed by atoms with Gasteiger partial charge >= 0.3 is 0 Å². The predicted octanol–water partition coefficient (Wildman–Crippen LogP) is 4.57. The number of aromatic nitrogens is 2. The maximum atomic E-state index is 13.6. The van der Waals surface area contributed by atoms with Gasteiger partial charge in [0.2, 0.25) is 5.91 Å². The summed E-state index contributed by atoms with van der Waals surface area (Å²) in [6.07, 6.45) is 2.77. The first kappa shape index (κ1) is 24.0. The first-order chi connectivity index (χ1) is 15.9. The molecule has 1 amide bonds. The average Bonchev–Trinajstić information content (AvgIpc) is 3.42. The first-order valence-corrected chi connectivity index (χ1v) is 13.2. The fourth-order valence-electron chi connectivity index (χ4n) is 4.29. The number of carbonyl (C=O) groups is 1. The van der Waals surface area contributed by atoms with E-state index in [2.05, 4.69) is 19.9 Å². The molecule has 1 saturated heterocycles. The number of thiophene rings is 1. The minimum absolute atomic E-state index is 0.0119. The molecule has 33 heavy (non-hydrogen) atoms. The minimum Gasteiger partial charge on any atom is -0.376 e. The third-order valence-corrected chi connectivity index (χ3v) is 8.26. The zero-order valence-corrected chi connectivity index (χ0v) is 21.4. The predicted molar refractivity (Wildman–Crippen MR) is 135 cm³/mol. The summed E-state index contributed by atoms with van der Waals surface area (Å²) in [6.45, 7) is 7.95. The molecular weight excluding hydrogens is 454 g/mol. The molecule has 3 aromatic rings. The highest BCUT2D eigenvalue weighted by atomic mass is 32.2. The molecule has 6 nitrogen and oxygen atoms in total. The van der Waals surface area contributed by atoms with Crippen LogP contribution >= 0.6 is 23.1 Å². The summed E-state index contributed by atoms with van der Waals surface area (Å²) in [5, 5.41) is 1.33. The molecule has 0 bridgehead atoms. The van der Waals surface area contributed by atoms with Crippen LogP contribution in [0.25, 0.3) is 10.2 Å². The summed E-state index contributed by atoms with van der Waals surface area (Å²) in [7, 11) is 1.82. The van der Waals surface area contributed by atoms with Crippen molar-refractivity contribution in [1.82, 2.24) is 14.5 Å². The fraction of sp³-hybridized carbons (Fsp3) is 0.480. The van der Waals surface area contributed by atoms with Crippen LogP contribution < -0.4 is 5.56 Å². The molecule has 0 aliphatic carbocycles. The van der Waals surface area contributed by atoms with Gasteiger partial charge in [0.1, 0.15) is 4.83 Å². The van der Waals surface area contributed by atoms with E-state index in [1.165, 1.54) is 17.3 Å². The lowest BCUT2D eigenvalue weighted by molar-refractivity contribution is -0.127. The number of nitrogens with zero attached hydrogens (tertiary/aromatic N) is 3. The number of ether oxygens (including phenoxy) is 1. The van der Waals surface area contributed by atoms with Crippen LogP contribution in [0.15, 0.2) is 34.2 Å². The van der Waals surface area contributed by atoms with Crippen molar-refractivity contribution < 1.29 is 9.53 Å². The van der Waals surface area contributed by atoms with Crippen LogP contribution in [-0.4, -0.2) is 45.9 Å². The minimum atomic E-state index is -0.0140. The summed E-state index contributed by atoms with van der Waals surface area (Å²) in [6, 6.07) is 8.10. The molecule has 4 rings (SSSR count). The molecule has 1 unspecified atom stereocenters. The summed E-state index contributed by atoms with van der Waals surface area (Å²) in [5.74, 6) is 0.245. The van der Waals surface area contributed by atoms with Gasteiger partial charge in [0, 0.05) is 25.1 Å². The van der Waals surface area contributed by atoms with Crippen molar-refractivity contribution in [3.8, 4) is 0 Å². The summed E-state index contributed by atoms with van der Waals surface area (Å²) in [4.78, 5) is 35.0. The standard InChI is InChI=1S/C25H31N3O3S2/c1-5-20-17(3)33-23-22(20)24(30)28(14-19-11-8-12-31-19)25(26-23)32-15-21(29)27(4)13-18-10-7-6-9-16(18)2/h6-7,9-10,19H,5,8,11-15H2,1-4H3.